The van der Waals surface area contributed by atoms with E-state index in [1.54, 1.807) is 0 Å². The molecule has 2 aliphatic heterocycles. The van der Waals surface area contributed by atoms with Crippen LogP contribution in [0.4, 0.5) is 0 Å². The highest BCUT2D eigenvalue weighted by Gasteiger charge is 2.53. The Morgan fingerprint density at radius 2 is 2.33 bits per heavy atom. The Morgan fingerprint density at radius 3 is 2.95 bits per heavy atom. The zero-order chi connectivity index (χ0) is 15.6. The second-order valence-corrected chi connectivity index (χ2v) is 7.21. The lowest BCUT2D eigenvalue weighted by atomic mass is 10.1. The highest BCUT2D eigenvalue weighted by molar-refractivity contribution is 9.11. The molecule has 7 nitrogen and oxygen atoms in total. The number of nitrogens with one attached hydrogen (secondary N) is 1. The molecule has 2 atom stereocenters. The number of carboxylic acids is 1. The largest absolute Gasteiger partial charge is 0.477 e. The van der Waals surface area contributed by atoms with Crippen LogP contribution >= 0.6 is 39.5 Å². The molecule has 0 saturated carbocycles. The van der Waals surface area contributed by atoms with Crippen LogP contribution in [0, 0.1) is 11.3 Å². The van der Waals surface area contributed by atoms with E-state index in [0.717, 1.165) is 11.8 Å². The van der Waals surface area contributed by atoms with Crippen LogP contribution in [0.2, 0.25) is 0 Å². The first-order valence-electron chi connectivity index (χ1n) is 5.78. The SMILES string of the molecule is N#CCSCC(=O)NC1C(=O)N2C(C(=O)O)=C(Br)CS[C@H]12. The van der Waals surface area contributed by atoms with Crippen molar-refractivity contribution < 1.29 is 19.5 Å². The van der Waals surface area contributed by atoms with Gasteiger partial charge in [-0.05, 0) is 0 Å². The first-order valence-corrected chi connectivity index (χ1v) is 8.77. The van der Waals surface area contributed by atoms with E-state index in [-0.39, 0.29) is 23.1 Å². The fourth-order valence-electron chi connectivity index (χ4n) is 1.99. The van der Waals surface area contributed by atoms with Gasteiger partial charge in [0.2, 0.25) is 5.91 Å². The summed E-state index contributed by atoms with van der Waals surface area (Å²) < 4.78 is 0.457. The molecule has 10 heteroatoms. The zero-order valence-electron chi connectivity index (χ0n) is 10.5. The van der Waals surface area contributed by atoms with Crippen molar-refractivity contribution in [3.8, 4) is 6.07 Å². The molecule has 0 bridgehead atoms. The smallest absolute Gasteiger partial charge is 0.353 e. The third kappa shape index (κ3) is 3.20. The van der Waals surface area contributed by atoms with Crippen molar-refractivity contribution in [1.82, 2.24) is 10.2 Å². The number of fused-ring (bicyclic) bond motifs is 1. The maximum Gasteiger partial charge on any atom is 0.353 e. The van der Waals surface area contributed by atoms with Gasteiger partial charge in [-0.15, -0.1) is 23.5 Å². The quantitative estimate of drug-likeness (QED) is 0.513. The molecule has 2 rings (SSSR count). The van der Waals surface area contributed by atoms with Gasteiger partial charge >= 0.3 is 5.97 Å². The number of β-lactam (4-membered cyclic amide) rings is 1. The molecule has 2 N–H and O–H groups in total. The van der Waals surface area contributed by atoms with E-state index in [1.807, 2.05) is 6.07 Å². The van der Waals surface area contributed by atoms with E-state index in [0.29, 0.717) is 10.2 Å². The molecular weight excluding hydrogens is 382 g/mol. The van der Waals surface area contributed by atoms with Gasteiger partial charge in [0.1, 0.15) is 17.1 Å². The number of thioether (sulfide) groups is 2. The van der Waals surface area contributed by atoms with Crippen LogP contribution < -0.4 is 5.32 Å². The standard InChI is InChI=1S/C11H10BrN3O4S2/c12-5-3-21-10-7(14-6(16)4-20-2-1-13)9(17)15(10)8(5)11(18)19/h7,10H,2-4H2,(H,14,16)(H,18,19)/t7?,10-/m1/s1. The summed E-state index contributed by atoms with van der Waals surface area (Å²) in [4.78, 5) is 36.1. The lowest BCUT2D eigenvalue weighted by molar-refractivity contribution is -0.150. The highest BCUT2D eigenvalue weighted by atomic mass is 79.9. The van der Waals surface area contributed by atoms with E-state index in [4.69, 9.17) is 10.4 Å². The molecule has 0 aromatic heterocycles. The first-order chi connectivity index (χ1) is 9.97. The number of nitrogens with zero attached hydrogens (tertiary/aromatic N) is 2. The van der Waals surface area contributed by atoms with Gasteiger partial charge in [-0.25, -0.2) is 4.79 Å². The van der Waals surface area contributed by atoms with Crippen molar-refractivity contribution in [2.24, 2.45) is 0 Å². The number of amides is 2. The summed E-state index contributed by atoms with van der Waals surface area (Å²) in [7, 11) is 0. The molecule has 0 aromatic rings. The van der Waals surface area contributed by atoms with Gasteiger partial charge in [0.15, 0.2) is 0 Å². The number of rotatable bonds is 5. The van der Waals surface area contributed by atoms with Gasteiger partial charge < -0.3 is 10.4 Å². The Morgan fingerprint density at radius 1 is 1.62 bits per heavy atom. The fraction of sp³-hybridized carbons (Fsp3) is 0.455. The molecular formula is C11H10BrN3O4S2. The predicted octanol–water partition coefficient (Wildman–Crippen LogP) is 0.334. The summed E-state index contributed by atoms with van der Waals surface area (Å²) in [5.41, 5.74) is -0.0619. The first kappa shape index (κ1) is 16.2. The van der Waals surface area contributed by atoms with Crippen LogP contribution in [0.5, 0.6) is 0 Å². The Bertz CT molecular complexity index is 574. The van der Waals surface area contributed by atoms with Crippen molar-refractivity contribution in [2.75, 3.05) is 17.3 Å². The minimum Gasteiger partial charge on any atom is -0.477 e. The molecule has 0 spiro atoms. The lowest BCUT2D eigenvalue weighted by Gasteiger charge is -2.48. The number of aliphatic carboxylic acids is 1. The van der Waals surface area contributed by atoms with Crippen LogP contribution in [-0.4, -0.2) is 56.5 Å². The number of carbonyl (C=O) groups is 3. The van der Waals surface area contributed by atoms with Crippen molar-refractivity contribution in [3.63, 3.8) is 0 Å². The lowest BCUT2D eigenvalue weighted by Crippen LogP contribution is -2.70. The normalized spacial score (nSPS) is 24.0. The molecule has 1 unspecified atom stereocenters. The molecule has 0 aromatic carbocycles. The zero-order valence-corrected chi connectivity index (χ0v) is 13.8. The topological polar surface area (TPSA) is 111 Å². The summed E-state index contributed by atoms with van der Waals surface area (Å²) in [6, 6.07) is 1.20. The molecule has 1 saturated heterocycles. The summed E-state index contributed by atoms with van der Waals surface area (Å²) in [6.45, 7) is 0. The summed E-state index contributed by atoms with van der Waals surface area (Å²) in [6.07, 6.45) is 0. The van der Waals surface area contributed by atoms with Crippen molar-refractivity contribution in [1.29, 1.82) is 5.26 Å². The van der Waals surface area contributed by atoms with Gasteiger partial charge in [0.05, 0.1) is 17.6 Å². The number of hydrogen-bond donors (Lipinski definition) is 2. The van der Waals surface area contributed by atoms with E-state index < -0.39 is 23.3 Å². The number of halogens is 1. The van der Waals surface area contributed by atoms with Gasteiger partial charge in [-0.3, -0.25) is 14.5 Å². The second kappa shape index (κ2) is 6.72. The van der Waals surface area contributed by atoms with Crippen LogP contribution in [0.15, 0.2) is 10.2 Å². The molecule has 112 valence electrons. The molecule has 21 heavy (non-hydrogen) atoms. The minimum absolute atomic E-state index is 0.0619. The number of nitriles is 1. The monoisotopic (exact) mass is 391 g/mol. The van der Waals surface area contributed by atoms with Gasteiger partial charge in [-0.1, -0.05) is 15.9 Å². The van der Waals surface area contributed by atoms with Gasteiger partial charge in [0.25, 0.3) is 5.91 Å². The average molecular weight is 392 g/mol. The van der Waals surface area contributed by atoms with Crippen molar-refractivity contribution >= 4 is 57.2 Å². The van der Waals surface area contributed by atoms with Gasteiger partial charge in [-0.2, -0.15) is 5.26 Å². The molecule has 2 aliphatic rings. The van der Waals surface area contributed by atoms with Gasteiger partial charge in [0, 0.05) is 10.2 Å². The maximum atomic E-state index is 12.0. The fourth-order valence-corrected chi connectivity index (χ4v) is 4.39. The highest BCUT2D eigenvalue weighted by Crippen LogP contribution is 2.41. The van der Waals surface area contributed by atoms with Crippen LogP contribution in [-0.2, 0) is 14.4 Å². The van der Waals surface area contributed by atoms with Crippen LogP contribution in [0.3, 0.4) is 0 Å². The Kier molecular flexibility index (Phi) is 5.18. The molecule has 1 fully saturated rings. The number of hydrogen-bond acceptors (Lipinski definition) is 6. The molecule has 2 heterocycles. The summed E-state index contributed by atoms with van der Waals surface area (Å²) in [5, 5.41) is 19.7. The molecule has 0 radical (unpaired) electrons. The minimum atomic E-state index is -1.17. The maximum absolute atomic E-state index is 12.0. The van der Waals surface area contributed by atoms with Crippen LogP contribution in [0.1, 0.15) is 0 Å². The third-order valence-electron chi connectivity index (χ3n) is 2.84. The predicted molar refractivity (Wildman–Crippen MR) is 81.5 cm³/mol. The van der Waals surface area contributed by atoms with Crippen LogP contribution in [0.25, 0.3) is 0 Å². The summed E-state index contributed by atoms with van der Waals surface area (Å²) in [5.74, 6) is -1.20. The Hall–Kier alpha value is -1.18. The van der Waals surface area contributed by atoms with E-state index in [2.05, 4.69) is 21.2 Å². The average Bonchev–Trinajstić information content (AvgIpc) is 2.44. The van der Waals surface area contributed by atoms with E-state index in [9.17, 15) is 14.4 Å². The van der Waals surface area contributed by atoms with E-state index >= 15 is 0 Å². The van der Waals surface area contributed by atoms with Crippen molar-refractivity contribution in [3.05, 3.63) is 10.2 Å². The van der Waals surface area contributed by atoms with Crippen molar-refractivity contribution in [2.45, 2.75) is 11.4 Å². The summed E-state index contributed by atoms with van der Waals surface area (Å²) >= 11 is 5.71. The number of carboxylic acid groups (broad SMARTS) is 1. The Balaban J connectivity index is 1.99. The molecule has 2 amide bonds. The molecule has 0 aliphatic carbocycles. The Labute approximate surface area is 137 Å². The second-order valence-electron chi connectivity index (χ2n) is 4.16. The number of carbonyl (C=O) groups excluding carboxylic acids is 2. The third-order valence-corrected chi connectivity index (χ3v) is 5.95. The van der Waals surface area contributed by atoms with E-state index in [1.165, 1.54) is 16.7 Å².